The molecular weight excluding hydrogens is 576 g/mol. The first-order valence-corrected chi connectivity index (χ1v) is 14.9. The molecule has 3 aliphatic heterocycles. The number of anilines is 1. The Hall–Kier alpha value is -5.46. The standard InChI is InChI=1S/C32H32N8O5/c33-29(41)28-27-23-18-39(16-19-7-11-34-12-8-19)30(42)26(15-20(23)5-6-25(27)36-37-28)45-32(44)38-13-9-22(10-14-38)40-17-21-3-1-2-4-24(21)35-31(40)43/h1-8,11-12,22,26H,9-10,13-18H2,(H2,33,41)(H,35,43)(H,36,37). The number of para-hydroxylation sites is 1. The van der Waals surface area contributed by atoms with Crippen LogP contribution in [0.3, 0.4) is 0 Å². The van der Waals surface area contributed by atoms with E-state index in [4.69, 9.17) is 10.5 Å². The Morgan fingerprint density at radius 1 is 0.978 bits per heavy atom. The highest BCUT2D eigenvalue weighted by molar-refractivity contribution is 6.05. The van der Waals surface area contributed by atoms with E-state index in [-0.39, 0.29) is 43.2 Å². The second-order valence-electron chi connectivity index (χ2n) is 11.6. The third-order valence-electron chi connectivity index (χ3n) is 8.90. The number of carbonyl (C=O) groups excluding carboxylic acids is 4. The molecule has 1 fully saturated rings. The number of ether oxygens (including phenoxy) is 1. The molecule has 1 saturated heterocycles. The Kier molecular flexibility index (Phi) is 7.28. The number of rotatable bonds is 5. The molecule has 0 bridgehead atoms. The van der Waals surface area contributed by atoms with Crippen molar-refractivity contribution >= 4 is 40.5 Å². The van der Waals surface area contributed by atoms with Gasteiger partial charge in [0.2, 0.25) is 0 Å². The van der Waals surface area contributed by atoms with E-state index in [1.807, 2.05) is 47.4 Å². The number of benzene rings is 2. The number of amides is 5. The molecule has 0 radical (unpaired) electrons. The normalized spacial score (nSPS) is 18.7. The largest absolute Gasteiger partial charge is 0.436 e. The molecule has 1 unspecified atom stereocenters. The molecule has 4 aromatic rings. The van der Waals surface area contributed by atoms with E-state index in [2.05, 4.69) is 20.5 Å². The number of nitrogens with zero attached hydrogens (tertiary/aromatic N) is 5. The lowest BCUT2D eigenvalue weighted by atomic mass is 9.98. The first-order chi connectivity index (χ1) is 21.9. The molecule has 2 aromatic heterocycles. The summed E-state index contributed by atoms with van der Waals surface area (Å²) < 4.78 is 5.94. The molecule has 13 nitrogen and oxygen atoms in total. The van der Waals surface area contributed by atoms with Crippen LogP contribution in [0.2, 0.25) is 0 Å². The van der Waals surface area contributed by atoms with Gasteiger partial charge in [-0.1, -0.05) is 24.3 Å². The number of pyridine rings is 1. The molecule has 230 valence electrons. The third-order valence-corrected chi connectivity index (χ3v) is 8.90. The summed E-state index contributed by atoms with van der Waals surface area (Å²) in [7, 11) is 0. The van der Waals surface area contributed by atoms with Gasteiger partial charge in [0.25, 0.3) is 11.8 Å². The SMILES string of the molecule is NC(=O)c1n[nH]c2ccc3c(c12)CN(Cc1ccncc1)C(=O)C(OC(=O)N1CCC(N2Cc4ccccc4NC2=O)CC1)C3. The number of fused-ring (bicyclic) bond motifs is 4. The second kappa shape index (κ2) is 11.6. The van der Waals surface area contributed by atoms with Gasteiger partial charge >= 0.3 is 12.1 Å². The van der Waals surface area contributed by atoms with E-state index >= 15 is 0 Å². The van der Waals surface area contributed by atoms with Crippen molar-refractivity contribution < 1.29 is 23.9 Å². The summed E-state index contributed by atoms with van der Waals surface area (Å²) in [6.45, 7) is 1.73. The number of urea groups is 1. The van der Waals surface area contributed by atoms with Crippen molar-refractivity contribution in [1.82, 2.24) is 29.9 Å². The van der Waals surface area contributed by atoms with Crippen molar-refractivity contribution in [3.8, 4) is 0 Å². The number of nitrogens with one attached hydrogen (secondary N) is 2. The maximum Gasteiger partial charge on any atom is 0.410 e. The van der Waals surface area contributed by atoms with E-state index in [0.717, 1.165) is 27.9 Å². The lowest BCUT2D eigenvalue weighted by Crippen LogP contribution is -2.51. The maximum atomic E-state index is 14.0. The number of hydrogen-bond acceptors (Lipinski definition) is 7. The van der Waals surface area contributed by atoms with Crippen LogP contribution >= 0.6 is 0 Å². The van der Waals surface area contributed by atoms with E-state index < -0.39 is 18.1 Å². The van der Waals surface area contributed by atoms with Gasteiger partial charge in [-0.2, -0.15) is 5.10 Å². The lowest BCUT2D eigenvalue weighted by Gasteiger charge is -2.40. The smallest absolute Gasteiger partial charge is 0.410 e. The number of piperidine rings is 1. The molecule has 0 saturated carbocycles. The Morgan fingerprint density at radius 3 is 2.53 bits per heavy atom. The monoisotopic (exact) mass is 608 g/mol. The topological polar surface area (TPSA) is 167 Å². The van der Waals surface area contributed by atoms with Crippen LogP contribution in [-0.2, 0) is 35.6 Å². The fourth-order valence-electron chi connectivity index (χ4n) is 6.54. The van der Waals surface area contributed by atoms with Gasteiger partial charge < -0.3 is 30.5 Å². The molecular formula is C32H32N8O5. The van der Waals surface area contributed by atoms with Gasteiger partial charge in [-0.25, -0.2) is 9.59 Å². The third kappa shape index (κ3) is 5.41. The number of nitrogens with two attached hydrogens (primary N) is 1. The molecule has 0 aliphatic carbocycles. The molecule has 45 heavy (non-hydrogen) atoms. The summed E-state index contributed by atoms with van der Waals surface area (Å²) in [4.78, 5) is 61.6. The van der Waals surface area contributed by atoms with Gasteiger partial charge in [-0.3, -0.25) is 19.7 Å². The van der Waals surface area contributed by atoms with Crippen molar-refractivity contribution in [2.24, 2.45) is 5.73 Å². The van der Waals surface area contributed by atoms with Crippen LogP contribution in [-0.4, -0.2) is 79.1 Å². The van der Waals surface area contributed by atoms with Crippen molar-refractivity contribution in [1.29, 1.82) is 0 Å². The van der Waals surface area contributed by atoms with Crippen LogP contribution in [0.4, 0.5) is 15.3 Å². The molecule has 13 heteroatoms. The zero-order chi connectivity index (χ0) is 31.1. The van der Waals surface area contributed by atoms with Crippen molar-refractivity contribution in [3.05, 3.63) is 88.9 Å². The molecule has 7 rings (SSSR count). The lowest BCUT2D eigenvalue weighted by molar-refractivity contribution is -0.141. The molecule has 3 aliphatic rings. The van der Waals surface area contributed by atoms with Crippen molar-refractivity contribution in [2.75, 3.05) is 18.4 Å². The Labute approximate surface area is 258 Å². The van der Waals surface area contributed by atoms with E-state index in [1.54, 1.807) is 28.3 Å². The average molecular weight is 609 g/mol. The van der Waals surface area contributed by atoms with Crippen LogP contribution in [0.1, 0.15) is 45.6 Å². The van der Waals surface area contributed by atoms with Crippen molar-refractivity contribution in [2.45, 2.75) is 51.0 Å². The zero-order valence-electron chi connectivity index (χ0n) is 24.4. The Balaban J connectivity index is 1.09. The molecule has 1 atom stereocenters. The number of aromatic amines is 1. The Bertz CT molecular complexity index is 1800. The number of likely N-dealkylation sites (tertiary alicyclic amines) is 1. The summed E-state index contributed by atoms with van der Waals surface area (Å²) >= 11 is 0. The van der Waals surface area contributed by atoms with Gasteiger partial charge in [0.05, 0.1) is 5.52 Å². The van der Waals surface area contributed by atoms with Gasteiger partial charge in [0, 0.05) is 68.7 Å². The van der Waals surface area contributed by atoms with Gasteiger partial charge in [-0.15, -0.1) is 0 Å². The average Bonchev–Trinajstić information content (AvgIpc) is 3.45. The van der Waals surface area contributed by atoms with Crippen LogP contribution < -0.4 is 11.1 Å². The van der Waals surface area contributed by atoms with Crippen LogP contribution in [0.15, 0.2) is 60.9 Å². The minimum absolute atomic E-state index is 0.0264. The first kappa shape index (κ1) is 28.3. The van der Waals surface area contributed by atoms with Gasteiger partial charge in [0.15, 0.2) is 11.8 Å². The zero-order valence-corrected chi connectivity index (χ0v) is 24.4. The van der Waals surface area contributed by atoms with Gasteiger partial charge in [0.1, 0.15) is 0 Å². The van der Waals surface area contributed by atoms with Crippen LogP contribution in [0.25, 0.3) is 10.9 Å². The molecule has 4 N–H and O–H groups in total. The predicted octanol–water partition coefficient (Wildman–Crippen LogP) is 3.16. The predicted molar refractivity (Wildman–Crippen MR) is 163 cm³/mol. The highest BCUT2D eigenvalue weighted by Crippen LogP contribution is 2.32. The van der Waals surface area contributed by atoms with E-state index in [1.165, 1.54) is 0 Å². The summed E-state index contributed by atoms with van der Waals surface area (Å²) in [5.41, 5.74) is 10.6. The fraction of sp³-hybridized carbons (Fsp3) is 0.312. The molecule has 5 heterocycles. The maximum absolute atomic E-state index is 14.0. The molecule has 2 aromatic carbocycles. The number of primary amides is 1. The number of carbonyl (C=O) groups is 4. The molecule has 5 amide bonds. The van der Waals surface area contributed by atoms with E-state index in [9.17, 15) is 19.2 Å². The second-order valence-corrected chi connectivity index (χ2v) is 11.6. The Morgan fingerprint density at radius 2 is 1.76 bits per heavy atom. The molecule has 0 spiro atoms. The van der Waals surface area contributed by atoms with Crippen LogP contribution in [0, 0.1) is 0 Å². The quantitative estimate of drug-likeness (QED) is 0.313. The highest BCUT2D eigenvalue weighted by atomic mass is 16.6. The number of aromatic nitrogens is 3. The summed E-state index contributed by atoms with van der Waals surface area (Å²) in [6.07, 6.45) is 2.97. The summed E-state index contributed by atoms with van der Waals surface area (Å²) in [5.74, 6) is -1.02. The van der Waals surface area contributed by atoms with Gasteiger partial charge in [-0.05, 0) is 59.4 Å². The summed E-state index contributed by atoms with van der Waals surface area (Å²) in [6, 6.07) is 14.9. The van der Waals surface area contributed by atoms with Crippen LogP contribution in [0.5, 0.6) is 0 Å². The fourth-order valence-corrected chi connectivity index (χ4v) is 6.54. The first-order valence-electron chi connectivity index (χ1n) is 14.9. The summed E-state index contributed by atoms with van der Waals surface area (Å²) in [5, 5.41) is 10.5. The van der Waals surface area contributed by atoms with Crippen molar-refractivity contribution in [3.63, 3.8) is 0 Å². The number of hydrogen-bond donors (Lipinski definition) is 3. The number of H-pyrrole nitrogens is 1. The minimum Gasteiger partial charge on any atom is -0.436 e. The minimum atomic E-state index is -1.08. The highest BCUT2D eigenvalue weighted by Gasteiger charge is 2.37. The van der Waals surface area contributed by atoms with E-state index in [0.29, 0.717) is 43.4 Å².